The van der Waals surface area contributed by atoms with Gasteiger partial charge in [0.1, 0.15) is 29.5 Å². The highest BCUT2D eigenvalue weighted by molar-refractivity contribution is 6.39. The van der Waals surface area contributed by atoms with Gasteiger partial charge in [-0.3, -0.25) is 14.9 Å². The Morgan fingerprint density at radius 3 is 2.38 bits per heavy atom. The summed E-state index contributed by atoms with van der Waals surface area (Å²) >= 11 is 0. The average Bonchev–Trinajstić information content (AvgIpc) is 2.77. The second kappa shape index (κ2) is 8.73. The topological polar surface area (TPSA) is 95.9 Å². The van der Waals surface area contributed by atoms with Crippen LogP contribution < -0.4 is 15.0 Å². The lowest BCUT2D eigenvalue weighted by Crippen LogP contribution is -2.54. The number of benzene rings is 3. The van der Waals surface area contributed by atoms with Crippen LogP contribution in [0.3, 0.4) is 0 Å². The fourth-order valence-corrected chi connectivity index (χ4v) is 3.11. The molecule has 0 unspecified atom stereocenters. The van der Waals surface area contributed by atoms with Crippen LogP contribution in [0.4, 0.5) is 14.9 Å². The van der Waals surface area contributed by atoms with Crippen LogP contribution in [0, 0.1) is 5.82 Å². The Balaban J connectivity index is 1.51. The number of anilines is 1. The lowest BCUT2D eigenvalue weighted by Gasteiger charge is -2.26. The molecule has 0 saturated carbocycles. The van der Waals surface area contributed by atoms with E-state index in [2.05, 4.69) is 5.32 Å². The number of urea groups is 1. The third kappa shape index (κ3) is 4.49. The van der Waals surface area contributed by atoms with Gasteiger partial charge >= 0.3 is 6.03 Å². The number of hydrogen-bond acceptors (Lipinski definition) is 5. The van der Waals surface area contributed by atoms with Crippen molar-refractivity contribution in [2.24, 2.45) is 0 Å². The summed E-state index contributed by atoms with van der Waals surface area (Å²) in [6, 6.07) is 17.3. The summed E-state index contributed by atoms with van der Waals surface area (Å²) in [6.07, 6.45) is 1.37. The second-order valence-corrected chi connectivity index (χ2v) is 6.96. The number of halogens is 1. The number of nitrogens with one attached hydrogen (secondary N) is 1. The first-order valence-corrected chi connectivity index (χ1v) is 9.58. The molecule has 1 saturated heterocycles. The molecule has 0 atom stereocenters. The van der Waals surface area contributed by atoms with Gasteiger partial charge < -0.3 is 9.84 Å². The van der Waals surface area contributed by atoms with E-state index in [0.29, 0.717) is 16.9 Å². The van der Waals surface area contributed by atoms with Gasteiger partial charge in [-0.25, -0.2) is 14.1 Å². The number of hydrogen-bond donors (Lipinski definition) is 2. The minimum atomic E-state index is -0.871. The van der Waals surface area contributed by atoms with Crippen LogP contribution in [0.25, 0.3) is 6.08 Å². The van der Waals surface area contributed by atoms with Crippen molar-refractivity contribution in [3.05, 3.63) is 95.3 Å². The van der Waals surface area contributed by atoms with Crippen molar-refractivity contribution in [3.63, 3.8) is 0 Å². The number of phenols is 1. The zero-order chi connectivity index (χ0) is 22.7. The number of barbiturate groups is 1. The van der Waals surface area contributed by atoms with Crippen molar-refractivity contribution in [1.82, 2.24) is 5.32 Å². The second-order valence-electron chi connectivity index (χ2n) is 6.96. The van der Waals surface area contributed by atoms with Gasteiger partial charge in [0.25, 0.3) is 11.8 Å². The molecule has 4 rings (SSSR count). The maximum absolute atomic E-state index is 13.3. The first-order valence-electron chi connectivity index (χ1n) is 9.58. The monoisotopic (exact) mass is 432 g/mol. The van der Waals surface area contributed by atoms with E-state index in [1.807, 2.05) is 0 Å². The standard InChI is InChI=1S/C24H17FN2O5/c25-17-3-1-2-16(12-17)14-32-20-10-4-15(5-11-20)13-21-22(29)26-24(31)27(23(21)30)18-6-8-19(28)9-7-18/h1-13,28H,14H2,(H,26,29,31). The molecule has 3 aromatic carbocycles. The Labute approximate surface area is 182 Å². The quantitative estimate of drug-likeness (QED) is 0.473. The summed E-state index contributed by atoms with van der Waals surface area (Å²) in [7, 11) is 0. The summed E-state index contributed by atoms with van der Waals surface area (Å²) in [6.45, 7) is 0.183. The molecule has 0 aromatic heterocycles. The van der Waals surface area contributed by atoms with E-state index in [1.165, 1.54) is 42.5 Å². The fraction of sp³-hybridized carbons (Fsp3) is 0.0417. The highest BCUT2D eigenvalue weighted by Gasteiger charge is 2.36. The molecule has 32 heavy (non-hydrogen) atoms. The molecule has 0 radical (unpaired) electrons. The van der Waals surface area contributed by atoms with Gasteiger partial charge in [-0.1, -0.05) is 24.3 Å². The first kappa shape index (κ1) is 20.8. The van der Waals surface area contributed by atoms with Crippen LogP contribution in [-0.2, 0) is 16.2 Å². The zero-order valence-electron chi connectivity index (χ0n) is 16.6. The summed E-state index contributed by atoms with van der Waals surface area (Å²) in [5.74, 6) is -1.43. The third-order valence-electron chi connectivity index (χ3n) is 4.70. The number of ether oxygens (including phenoxy) is 1. The Kier molecular flexibility index (Phi) is 5.67. The number of aromatic hydroxyl groups is 1. The number of amides is 4. The van der Waals surface area contributed by atoms with E-state index < -0.39 is 17.8 Å². The highest BCUT2D eigenvalue weighted by atomic mass is 19.1. The molecular weight excluding hydrogens is 415 g/mol. The molecule has 0 spiro atoms. The molecule has 7 nitrogen and oxygen atoms in total. The van der Waals surface area contributed by atoms with Crippen LogP contribution in [0.5, 0.6) is 11.5 Å². The van der Waals surface area contributed by atoms with Crippen LogP contribution in [0.1, 0.15) is 11.1 Å². The van der Waals surface area contributed by atoms with Gasteiger partial charge in [-0.05, 0) is 65.7 Å². The SMILES string of the molecule is O=C1NC(=O)N(c2ccc(O)cc2)C(=O)C1=Cc1ccc(OCc2cccc(F)c2)cc1. The van der Waals surface area contributed by atoms with Gasteiger partial charge in [0, 0.05) is 0 Å². The van der Waals surface area contributed by atoms with Crippen LogP contribution in [0.15, 0.2) is 78.4 Å². The summed E-state index contributed by atoms with van der Waals surface area (Å²) in [5.41, 5.74) is 1.22. The van der Waals surface area contributed by atoms with Crippen molar-refractivity contribution in [2.45, 2.75) is 6.61 Å². The number of carbonyl (C=O) groups excluding carboxylic acids is 3. The number of carbonyl (C=O) groups is 3. The third-order valence-corrected chi connectivity index (χ3v) is 4.70. The van der Waals surface area contributed by atoms with Crippen molar-refractivity contribution >= 4 is 29.6 Å². The Bertz CT molecular complexity index is 1220. The maximum atomic E-state index is 13.3. The summed E-state index contributed by atoms with van der Waals surface area (Å²) < 4.78 is 18.9. The van der Waals surface area contributed by atoms with Crippen molar-refractivity contribution < 1.29 is 28.6 Å². The van der Waals surface area contributed by atoms with Gasteiger partial charge in [-0.15, -0.1) is 0 Å². The lowest BCUT2D eigenvalue weighted by molar-refractivity contribution is -0.122. The van der Waals surface area contributed by atoms with Crippen molar-refractivity contribution in [1.29, 1.82) is 0 Å². The zero-order valence-corrected chi connectivity index (χ0v) is 16.6. The number of phenolic OH excluding ortho intramolecular Hbond substituents is 1. The molecule has 1 fully saturated rings. The van der Waals surface area contributed by atoms with Gasteiger partial charge in [0.15, 0.2) is 0 Å². The molecule has 1 heterocycles. The van der Waals surface area contributed by atoms with Gasteiger partial charge in [-0.2, -0.15) is 0 Å². The smallest absolute Gasteiger partial charge is 0.335 e. The molecule has 0 bridgehead atoms. The van der Waals surface area contributed by atoms with E-state index >= 15 is 0 Å². The highest BCUT2D eigenvalue weighted by Crippen LogP contribution is 2.24. The number of nitrogens with zero attached hydrogens (tertiary/aromatic N) is 1. The molecule has 8 heteroatoms. The van der Waals surface area contributed by atoms with Gasteiger partial charge in [0.2, 0.25) is 0 Å². The first-order chi connectivity index (χ1) is 15.4. The van der Waals surface area contributed by atoms with Crippen LogP contribution in [0.2, 0.25) is 0 Å². The van der Waals surface area contributed by atoms with Crippen molar-refractivity contribution in [2.75, 3.05) is 4.90 Å². The minimum Gasteiger partial charge on any atom is -0.508 e. The predicted octanol–water partition coefficient (Wildman–Crippen LogP) is 3.78. The van der Waals surface area contributed by atoms with E-state index in [0.717, 1.165) is 4.90 Å². The molecule has 3 aromatic rings. The minimum absolute atomic E-state index is 0.0230. The number of rotatable bonds is 5. The van der Waals surface area contributed by atoms with Gasteiger partial charge in [0.05, 0.1) is 5.69 Å². The van der Waals surface area contributed by atoms with E-state index in [1.54, 1.807) is 36.4 Å². The van der Waals surface area contributed by atoms with E-state index in [9.17, 15) is 23.9 Å². The van der Waals surface area contributed by atoms with Crippen LogP contribution in [-0.4, -0.2) is 23.0 Å². The molecule has 4 amide bonds. The molecule has 160 valence electrons. The maximum Gasteiger partial charge on any atom is 0.335 e. The molecule has 1 aliphatic heterocycles. The summed E-state index contributed by atoms with van der Waals surface area (Å²) in [5, 5.41) is 11.6. The Morgan fingerprint density at radius 1 is 0.969 bits per heavy atom. The molecule has 0 aliphatic carbocycles. The molecular formula is C24H17FN2O5. The fourth-order valence-electron chi connectivity index (χ4n) is 3.11. The summed E-state index contributed by atoms with van der Waals surface area (Å²) in [4.78, 5) is 38.1. The molecule has 2 N–H and O–H groups in total. The number of imide groups is 2. The van der Waals surface area contributed by atoms with Crippen molar-refractivity contribution in [3.8, 4) is 11.5 Å². The predicted molar refractivity (Wildman–Crippen MR) is 114 cm³/mol. The largest absolute Gasteiger partial charge is 0.508 e. The average molecular weight is 432 g/mol. The van der Waals surface area contributed by atoms with E-state index in [4.69, 9.17) is 4.74 Å². The van der Waals surface area contributed by atoms with E-state index in [-0.39, 0.29) is 29.4 Å². The van der Waals surface area contributed by atoms with Crippen LogP contribution >= 0.6 is 0 Å². The normalized spacial score (nSPS) is 15.1. The Morgan fingerprint density at radius 2 is 1.69 bits per heavy atom. The Hall–Kier alpha value is -4.46. The molecule has 1 aliphatic rings. The lowest BCUT2D eigenvalue weighted by atomic mass is 10.1.